The van der Waals surface area contributed by atoms with Gasteiger partial charge in [0.1, 0.15) is 5.82 Å². The third kappa shape index (κ3) is 4.06. The number of hydrogen-bond donors (Lipinski definition) is 1. The highest BCUT2D eigenvalue weighted by Gasteiger charge is 2.05. The zero-order valence-corrected chi connectivity index (χ0v) is 12.7. The molecule has 0 fully saturated rings. The van der Waals surface area contributed by atoms with Gasteiger partial charge >= 0.3 is 0 Å². The van der Waals surface area contributed by atoms with E-state index >= 15 is 0 Å². The quantitative estimate of drug-likeness (QED) is 0.841. The molecule has 0 saturated heterocycles. The normalized spacial score (nSPS) is 12.2. The SMILES string of the molecule is Cc1cc(NC(C)Cc2cccc(F)c2)ccc1Br. The minimum atomic E-state index is -0.177. The standard InChI is InChI=1S/C16H17BrFN/c1-11-8-15(6-7-16(11)17)19-12(2)9-13-4-3-5-14(18)10-13/h3-8,10,12,19H,9H2,1-2H3. The number of benzene rings is 2. The maximum Gasteiger partial charge on any atom is 0.123 e. The van der Waals surface area contributed by atoms with Crippen molar-refractivity contribution in [3.05, 3.63) is 63.9 Å². The van der Waals surface area contributed by atoms with Crippen molar-refractivity contribution in [2.45, 2.75) is 26.3 Å². The first-order valence-electron chi connectivity index (χ1n) is 6.32. The third-order valence-electron chi connectivity index (χ3n) is 3.00. The summed E-state index contributed by atoms with van der Waals surface area (Å²) in [5, 5.41) is 3.43. The van der Waals surface area contributed by atoms with Gasteiger partial charge in [0, 0.05) is 16.2 Å². The molecule has 100 valence electrons. The van der Waals surface area contributed by atoms with Gasteiger partial charge in [-0.1, -0.05) is 28.1 Å². The zero-order valence-electron chi connectivity index (χ0n) is 11.1. The largest absolute Gasteiger partial charge is 0.382 e. The molecule has 0 radical (unpaired) electrons. The van der Waals surface area contributed by atoms with E-state index in [9.17, 15) is 4.39 Å². The van der Waals surface area contributed by atoms with Crippen molar-refractivity contribution in [2.24, 2.45) is 0 Å². The van der Waals surface area contributed by atoms with Crippen molar-refractivity contribution in [1.82, 2.24) is 0 Å². The van der Waals surface area contributed by atoms with E-state index in [4.69, 9.17) is 0 Å². The molecule has 0 saturated carbocycles. The van der Waals surface area contributed by atoms with Crippen LogP contribution in [0.1, 0.15) is 18.1 Å². The van der Waals surface area contributed by atoms with E-state index in [1.165, 1.54) is 11.6 Å². The summed E-state index contributed by atoms with van der Waals surface area (Å²) in [4.78, 5) is 0. The fraction of sp³-hybridized carbons (Fsp3) is 0.250. The molecule has 0 heterocycles. The van der Waals surface area contributed by atoms with Gasteiger partial charge in [-0.05, 0) is 61.7 Å². The van der Waals surface area contributed by atoms with Crippen molar-refractivity contribution in [3.63, 3.8) is 0 Å². The Bertz CT molecular complexity index is 568. The Hall–Kier alpha value is -1.35. The predicted molar refractivity (Wildman–Crippen MR) is 82.1 cm³/mol. The molecule has 0 aliphatic heterocycles. The lowest BCUT2D eigenvalue weighted by molar-refractivity contribution is 0.624. The highest BCUT2D eigenvalue weighted by Crippen LogP contribution is 2.21. The van der Waals surface area contributed by atoms with Crippen LogP contribution >= 0.6 is 15.9 Å². The molecule has 2 aromatic rings. The van der Waals surface area contributed by atoms with Gasteiger partial charge in [0.2, 0.25) is 0 Å². The van der Waals surface area contributed by atoms with Crippen LogP contribution in [0.5, 0.6) is 0 Å². The average Bonchev–Trinajstić information content (AvgIpc) is 2.34. The number of aryl methyl sites for hydroxylation is 1. The molecule has 2 aromatic carbocycles. The second-order valence-corrected chi connectivity index (χ2v) is 5.70. The topological polar surface area (TPSA) is 12.0 Å². The van der Waals surface area contributed by atoms with Crippen LogP contribution < -0.4 is 5.32 Å². The van der Waals surface area contributed by atoms with Gasteiger partial charge in [-0.15, -0.1) is 0 Å². The first kappa shape index (κ1) is 14.1. The zero-order chi connectivity index (χ0) is 13.8. The van der Waals surface area contributed by atoms with Crippen LogP contribution in [-0.2, 0) is 6.42 Å². The van der Waals surface area contributed by atoms with E-state index in [1.54, 1.807) is 12.1 Å². The van der Waals surface area contributed by atoms with Crippen LogP contribution in [0.2, 0.25) is 0 Å². The summed E-state index contributed by atoms with van der Waals surface area (Å²) in [5.74, 6) is -0.177. The first-order chi connectivity index (χ1) is 9.04. The van der Waals surface area contributed by atoms with Crippen LogP contribution in [0, 0.1) is 12.7 Å². The lowest BCUT2D eigenvalue weighted by Gasteiger charge is -2.16. The molecule has 0 aliphatic carbocycles. The van der Waals surface area contributed by atoms with Crippen molar-refractivity contribution in [3.8, 4) is 0 Å². The number of anilines is 1. The molecule has 0 bridgehead atoms. The second-order valence-electron chi connectivity index (χ2n) is 4.84. The van der Waals surface area contributed by atoms with E-state index in [0.717, 1.165) is 22.1 Å². The molecule has 2 rings (SSSR count). The van der Waals surface area contributed by atoms with Crippen molar-refractivity contribution in [2.75, 3.05) is 5.32 Å². The van der Waals surface area contributed by atoms with Crippen LogP contribution in [-0.4, -0.2) is 6.04 Å². The molecule has 1 unspecified atom stereocenters. The molecule has 0 aromatic heterocycles. The fourth-order valence-corrected chi connectivity index (χ4v) is 2.33. The average molecular weight is 322 g/mol. The molecule has 1 nitrogen and oxygen atoms in total. The van der Waals surface area contributed by atoms with E-state index in [0.29, 0.717) is 0 Å². The summed E-state index contributed by atoms with van der Waals surface area (Å²) >= 11 is 3.49. The molecule has 0 aliphatic rings. The molecule has 0 amide bonds. The van der Waals surface area contributed by atoms with E-state index in [-0.39, 0.29) is 11.9 Å². The van der Waals surface area contributed by atoms with Gasteiger partial charge in [-0.25, -0.2) is 4.39 Å². The molecular formula is C16H17BrFN. The van der Waals surface area contributed by atoms with E-state index in [2.05, 4.69) is 41.2 Å². The Balaban J connectivity index is 2.01. The predicted octanol–water partition coefficient (Wildman–Crippen LogP) is 4.94. The number of halogens is 2. The van der Waals surface area contributed by atoms with Crippen LogP contribution in [0.3, 0.4) is 0 Å². The van der Waals surface area contributed by atoms with Gasteiger partial charge in [-0.2, -0.15) is 0 Å². The summed E-state index contributed by atoms with van der Waals surface area (Å²) in [6.07, 6.45) is 0.798. The molecular weight excluding hydrogens is 305 g/mol. The lowest BCUT2D eigenvalue weighted by atomic mass is 10.1. The smallest absolute Gasteiger partial charge is 0.123 e. The molecule has 1 N–H and O–H groups in total. The van der Waals surface area contributed by atoms with Crippen molar-refractivity contribution >= 4 is 21.6 Å². The Labute approximate surface area is 122 Å². The summed E-state index contributed by atoms with van der Waals surface area (Å²) in [7, 11) is 0. The van der Waals surface area contributed by atoms with Crippen LogP contribution in [0.4, 0.5) is 10.1 Å². The molecule has 19 heavy (non-hydrogen) atoms. The second kappa shape index (κ2) is 6.20. The maximum absolute atomic E-state index is 13.1. The minimum Gasteiger partial charge on any atom is -0.382 e. The van der Waals surface area contributed by atoms with Gasteiger partial charge < -0.3 is 5.32 Å². The highest BCUT2D eigenvalue weighted by molar-refractivity contribution is 9.10. The third-order valence-corrected chi connectivity index (χ3v) is 3.89. The number of nitrogens with one attached hydrogen (secondary N) is 1. The molecule has 0 spiro atoms. The first-order valence-corrected chi connectivity index (χ1v) is 7.11. The van der Waals surface area contributed by atoms with Gasteiger partial charge in [0.15, 0.2) is 0 Å². The number of hydrogen-bond acceptors (Lipinski definition) is 1. The van der Waals surface area contributed by atoms with Crippen molar-refractivity contribution < 1.29 is 4.39 Å². The molecule has 1 atom stereocenters. The van der Waals surface area contributed by atoms with Crippen LogP contribution in [0.15, 0.2) is 46.9 Å². The monoisotopic (exact) mass is 321 g/mol. The van der Waals surface area contributed by atoms with Gasteiger partial charge in [-0.3, -0.25) is 0 Å². The van der Waals surface area contributed by atoms with E-state index in [1.807, 2.05) is 18.2 Å². The molecule has 3 heteroatoms. The highest BCUT2D eigenvalue weighted by atomic mass is 79.9. The summed E-state index contributed by atoms with van der Waals surface area (Å²) in [5.41, 5.74) is 3.29. The Morgan fingerprint density at radius 2 is 2.00 bits per heavy atom. The van der Waals surface area contributed by atoms with Crippen LogP contribution in [0.25, 0.3) is 0 Å². The summed E-state index contributed by atoms with van der Waals surface area (Å²) < 4.78 is 14.2. The lowest BCUT2D eigenvalue weighted by Crippen LogP contribution is -2.18. The Morgan fingerprint density at radius 3 is 2.68 bits per heavy atom. The number of rotatable bonds is 4. The summed E-state index contributed by atoms with van der Waals surface area (Å²) in [6, 6.07) is 13.2. The maximum atomic E-state index is 13.1. The minimum absolute atomic E-state index is 0.177. The van der Waals surface area contributed by atoms with Crippen molar-refractivity contribution in [1.29, 1.82) is 0 Å². The summed E-state index contributed by atoms with van der Waals surface area (Å²) in [6.45, 7) is 4.16. The fourth-order valence-electron chi connectivity index (χ4n) is 2.09. The van der Waals surface area contributed by atoms with Gasteiger partial charge in [0.05, 0.1) is 0 Å². The Morgan fingerprint density at radius 1 is 1.21 bits per heavy atom. The van der Waals surface area contributed by atoms with Gasteiger partial charge in [0.25, 0.3) is 0 Å². The van der Waals surface area contributed by atoms with E-state index < -0.39 is 0 Å². The Kier molecular flexibility index (Phi) is 4.59.